The van der Waals surface area contributed by atoms with Crippen LogP contribution < -0.4 is 11.1 Å². The number of nitrogens with zero attached hydrogens (tertiary/aromatic N) is 1. The van der Waals surface area contributed by atoms with Gasteiger partial charge in [0.1, 0.15) is 11.9 Å². The zero-order valence-electron chi connectivity index (χ0n) is 13.3. The van der Waals surface area contributed by atoms with E-state index in [4.69, 9.17) is 5.73 Å². The van der Waals surface area contributed by atoms with Crippen molar-refractivity contribution in [2.45, 2.75) is 25.1 Å². The van der Waals surface area contributed by atoms with Gasteiger partial charge in [0.25, 0.3) is 5.91 Å². The average molecular weight is 474 g/mol. The molecule has 9 heteroatoms. The highest BCUT2D eigenvalue weighted by molar-refractivity contribution is 14.1. The highest BCUT2D eigenvalue weighted by Gasteiger charge is 2.49. The third kappa shape index (κ3) is 2.97. The molecule has 1 amide bonds. The maximum absolute atomic E-state index is 13.2. The van der Waals surface area contributed by atoms with Crippen LogP contribution in [0.2, 0.25) is 0 Å². The minimum Gasteiger partial charge on any atom is -0.383 e. The lowest BCUT2D eigenvalue weighted by atomic mass is 10.1. The van der Waals surface area contributed by atoms with Crippen LogP contribution >= 0.6 is 22.6 Å². The van der Waals surface area contributed by atoms with Gasteiger partial charge >= 0.3 is 6.18 Å². The molecule has 26 heavy (non-hydrogen) atoms. The van der Waals surface area contributed by atoms with Gasteiger partial charge < -0.3 is 16.0 Å². The number of halogens is 4. The van der Waals surface area contributed by atoms with Crippen molar-refractivity contribution in [2.24, 2.45) is 5.92 Å². The van der Waals surface area contributed by atoms with Crippen molar-refractivity contribution in [3.8, 4) is 0 Å². The van der Waals surface area contributed by atoms with E-state index in [1.165, 1.54) is 6.20 Å². The summed E-state index contributed by atoms with van der Waals surface area (Å²) in [5.41, 5.74) is 7.15. The first-order valence-electron chi connectivity index (χ1n) is 7.98. The van der Waals surface area contributed by atoms with E-state index in [1.54, 1.807) is 0 Å². The predicted octanol–water partition coefficient (Wildman–Crippen LogP) is 3.97. The average Bonchev–Trinajstić information content (AvgIpc) is 3.32. The number of H-pyrrole nitrogens is 1. The van der Waals surface area contributed by atoms with Gasteiger partial charge in [0.15, 0.2) is 0 Å². The third-order valence-electron chi connectivity index (χ3n) is 4.60. The lowest BCUT2D eigenvalue weighted by Gasteiger charge is -2.21. The first kappa shape index (κ1) is 17.4. The third-order valence-corrected chi connectivity index (χ3v) is 5.27. The number of hydrogen-bond donors (Lipinski definition) is 3. The van der Waals surface area contributed by atoms with Crippen molar-refractivity contribution in [3.05, 3.63) is 33.5 Å². The number of carbonyl (C=O) groups excluding carboxylic acids is 1. The molecule has 2 heterocycles. The summed E-state index contributed by atoms with van der Waals surface area (Å²) in [6.07, 6.45) is -2.34. The number of anilines is 1. The van der Waals surface area contributed by atoms with E-state index in [0.717, 1.165) is 14.5 Å². The fourth-order valence-electron chi connectivity index (χ4n) is 3.18. The quantitative estimate of drug-likeness (QED) is 0.503. The molecule has 0 spiro atoms. The van der Waals surface area contributed by atoms with Crippen LogP contribution in [0.1, 0.15) is 23.2 Å². The topological polar surface area (TPSA) is 83.8 Å². The minimum atomic E-state index is -4.48. The molecule has 1 saturated carbocycles. The zero-order chi connectivity index (χ0) is 18.6. The second-order valence-electron chi connectivity index (χ2n) is 6.45. The molecule has 2 aromatic heterocycles. The van der Waals surface area contributed by atoms with Crippen molar-refractivity contribution in [3.63, 3.8) is 0 Å². The Labute approximate surface area is 159 Å². The lowest BCUT2D eigenvalue weighted by molar-refractivity contribution is -0.158. The number of amides is 1. The molecule has 0 unspecified atom stereocenters. The number of fused-ring (bicyclic) bond motifs is 3. The Morgan fingerprint density at radius 3 is 2.77 bits per heavy atom. The van der Waals surface area contributed by atoms with Crippen molar-refractivity contribution < 1.29 is 18.0 Å². The molecule has 0 saturated heterocycles. The number of rotatable bonds is 3. The Hall–Kier alpha value is -2.04. The smallest absolute Gasteiger partial charge is 0.383 e. The van der Waals surface area contributed by atoms with Crippen LogP contribution in [0.3, 0.4) is 0 Å². The summed E-state index contributed by atoms with van der Waals surface area (Å²) in [4.78, 5) is 19.7. The SMILES string of the molecule is Nc1ncc(C(=O)N[C@H](C2CC2)C(F)(F)F)c2[nH]c3ccc(I)cc3c12. The summed E-state index contributed by atoms with van der Waals surface area (Å²) in [5, 5.41) is 3.46. The van der Waals surface area contributed by atoms with Crippen LogP contribution in [0.25, 0.3) is 21.8 Å². The number of nitrogens with one attached hydrogen (secondary N) is 2. The van der Waals surface area contributed by atoms with Crippen molar-refractivity contribution in [2.75, 3.05) is 5.73 Å². The number of pyridine rings is 1. The Morgan fingerprint density at radius 2 is 2.12 bits per heavy atom. The number of nitrogens with two attached hydrogens (primary N) is 1. The van der Waals surface area contributed by atoms with Crippen molar-refractivity contribution in [1.29, 1.82) is 0 Å². The minimum absolute atomic E-state index is 0.0512. The number of aromatic amines is 1. The summed E-state index contributed by atoms with van der Waals surface area (Å²) < 4.78 is 40.6. The van der Waals surface area contributed by atoms with Gasteiger partial charge in [0.05, 0.1) is 16.5 Å². The van der Waals surface area contributed by atoms with Crippen LogP contribution in [-0.2, 0) is 0 Å². The molecule has 1 aliphatic carbocycles. The van der Waals surface area contributed by atoms with Crippen LogP contribution in [-0.4, -0.2) is 28.1 Å². The van der Waals surface area contributed by atoms with Gasteiger partial charge in [-0.05, 0) is 59.5 Å². The molecule has 1 fully saturated rings. The molecular weight excluding hydrogens is 460 g/mol. The molecule has 1 aromatic carbocycles. The normalized spacial score (nSPS) is 16.2. The summed E-state index contributed by atoms with van der Waals surface area (Å²) >= 11 is 2.15. The second-order valence-corrected chi connectivity index (χ2v) is 7.70. The Balaban J connectivity index is 1.80. The molecule has 4 rings (SSSR count). The number of carbonyl (C=O) groups is 1. The molecule has 5 nitrogen and oxygen atoms in total. The second kappa shape index (κ2) is 6.00. The van der Waals surface area contributed by atoms with Crippen LogP contribution in [0, 0.1) is 9.49 Å². The van der Waals surface area contributed by atoms with Gasteiger partial charge in [0, 0.05) is 20.7 Å². The van der Waals surface area contributed by atoms with Gasteiger partial charge in [-0.2, -0.15) is 13.2 Å². The summed E-state index contributed by atoms with van der Waals surface area (Å²) in [6.45, 7) is 0. The van der Waals surface area contributed by atoms with Crippen molar-refractivity contribution in [1.82, 2.24) is 15.3 Å². The van der Waals surface area contributed by atoms with E-state index in [-0.39, 0.29) is 11.4 Å². The van der Waals surface area contributed by atoms with Gasteiger partial charge in [-0.25, -0.2) is 4.98 Å². The first-order chi connectivity index (χ1) is 12.3. The molecule has 0 radical (unpaired) electrons. The largest absolute Gasteiger partial charge is 0.408 e. The van der Waals surface area contributed by atoms with E-state index in [0.29, 0.717) is 23.7 Å². The first-order valence-corrected chi connectivity index (χ1v) is 9.06. The van der Waals surface area contributed by atoms with Gasteiger partial charge in [-0.15, -0.1) is 0 Å². The fourth-order valence-corrected chi connectivity index (χ4v) is 3.67. The highest BCUT2D eigenvalue weighted by Crippen LogP contribution is 2.40. The monoisotopic (exact) mass is 474 g/mol. The number of nitrogen functional groups attached to an aromatic ring is 1. The van der Waals surface area contributed by atoms with Crippen molar-refractivity contribution >= 4 is 56.1 Å². The van der Waals surface area contributed by atoms with Crippen LogP contribution in [0.15, 0.2) is 24.4 Å². The lowest BCUT2D eigenvalue weighted by Crippen LogP contribution is -2.47. The molecular formula is C17H14F3IN4O. The summed E-state index contributed by atoms with van der Waals surface area (Å²) in [5.74, 6) is -1.14. The maximum Gasteiger partial charge on any atom is 0.408 e. The van der Waals surface area contributed by atoms with Crippen LogP contribution in [0.5, 0.6) is 0 Å². The van der Waals surface area contributed by atoms with Crippen LogP contribution in [0.4, 0.5) is 19.0 Å². The van der Waals surface area contributed by atoms with E-state index in [1.807, 2.05) is 18.2 Å². The molecule has 0 bridgehead atoms. The van der Waals surface area contributed by atoms with E-state index in [9.17, 15) is 18.0 Å². The maximum atomic E-state index is 13.2. The summed E-state index contributed by atoms with van der Waals surface area (Å²) in [7, 11) is 0. The predicted molar refractivity (Wildman–Crippen MR) is 101 cm³/mol. The fraction of sp³-hybridized carbons (Fsp3) is 0.294. The molecule has 136 valence electrons. The van der Waals surface area contributed by atoms with Gasteiger partial charge in [-0.1, -0.05) is 0 Å². The molecule has 0 aliphatic heterocycles. The van der Waals surface area contributed by atoms with Gasteiger partial charge in [0.2, 0.25) is 0 Å². The number of benzene rings is 1. The Kier molecular flexibility index (Phi) is 4.01. The Morgan fingerprint density at radius 1 is 1.38 bits per heavy atom. The Bertz CT molecular complexity index is 1030. The highest BCUT2D eigenvalue weighted by atomic mass is 127. The zero-order valence-corrected chi connectivity index (χ0v) is 15.5. The molecule has 4 N–H and O–H groups in total. The standard InChI is InChI=1S/C17H14F3IN4O/c18-17(19,20)14(7-1-2-7)25-16(26)10-6-23-15(22)12-9-5-8(21)3-4-11(9)24-13(10)12/h3-7,14,24H,1-2H2,(H2,22,23)(H,25,26)/t14-/m1/s1. The molecule has 1 aliphatic rings. The van der Waals surface area contributed by atoms with Gasteiger partial charge in [-0.3, -0.25) is 4.79 Å². The molecule has 3 aromatic rings. The van der Waals surface area contributed by atoms with E-state index < -0.39 is 24.0 Å². The number of aromatic nitrogens is 2. The molecule has 1 atom stereocenters. The van der Waals surface area contributed by atoms with E-state index in [2.05, 4.69) is 37.9 Å². The summed E-state index contributed by atoms with van der Waals surface area (Å²) in [6, 6.07) is 3.76. The van der Waals surface area contributed by atoms with E-state index >= 15 is 0 Å². The number of alkyl halides is 3. The number of hydrogen-bond acceptors (Lipinski definition) is 3.